The van der Waals surface area contributed by atoms with Crippen LogP contribution < -0.4 is 10.6 Å². The van der Waals surface area contributed by atoms with E-state index in [-0.39, 0.29) is 28.7 Å². The molecular weight excluding hydrogens is 1010 g/mol. The SMILES string of the molecule is CO[C@H]1C(=O)[C@]2(C)[C@@H](OC(=O)[C@H](O)[C@@H](NC(=O)OC(C)(C)C)c3ccccc3)C[C@H]3OC[C@@]3(OC(C)=O)[C@H]2[C@H](OC(=O)c2ccccc2)[C@]2(O)C[C@H](OC(=O)[C@H](O)[C@@H](NC(=O)OC(C)(C)C)c3ccccc3)C(C)=C1C2(C)C. The Balaban J connectivity index is 1.39. The second-order valence-electron chi connectivity index (χ2n) is 23.2. The van der Waals surface area contributed by atoms with Crippen LogP contribution in [0.1, 0.15) is 123 Å². The van der Waals surface area contributed by atoms with Gasteiger partial charge < -0.3 is 63.8 Å². The van der Waals surface area contributed by atoms with Crippen molar-refractivity contribution in [2.45, 2.75) is 166 Å². The van der Waals surface area contributed by atoms with Gasteiger partial charge in [-0.25, -0.2) is 24.0 Å². The van der Waals surface area contributed by atoms with Gasteiger partial charge in [-0.2, -0.15) is 0 Å². The minimum atomic E-state index is -2.48. The van der Waals surface area contributed by atoms with Gasteiger partial charge in [-0.15, -0.1) is 0 Å². The first kappa shape index (κ1) is 59.0. The van der Waals surface area contributed by atoms with E-state index in [1.54, 1.807) is 141 Å². The van der Waals surface area contributed by atoms with E-state index in [2.05, 4.69) is 10.6 Å². The molecule has 20 nitrogen and oxygen atoms in total. The molecule has 2 amide bonds. The number of rotatable bonds is 14. The number of hydrogen-bond acceptors (Lipinski definition) is 18. The first-order valence-corrected chi connectivity index (χ1v) is 25.8. The first-order valence-electron chi connectivity index (χ1n) is 25.8. The quantitative estimate of drug-likeness (QED) is 0.0694. The Morgan fingerprint density at radius 1 is 0.718 bits per heavy atom. The maximum atomic E-state index is 16.3. The lowest BCUT2D eigenvalue weighted by molar-refractivity contribution is -0.347. The molecule has 13 atom stereocenters. The molecule has 0 unspecified atom stereocenters. The van der Waals surface area contributed by atoms with Crippen molar-refractivity contribution < 1.29 is 86.8 Å². The number of benzene rings is 3. The number of aliphatic hydroxyl groups excluding tert-OH is 2. The van der Waals surface area contributed by atoms with Gasteiger partial charge in [0.05, 0.1) is 35.6 Å². The fourth-order valence-electron chi connectivity index (χ4n) is 11.7. The number of nitrogens with one attached hydrogen (secondary N) is 2. The average Bonchev–Trinajstić information content (AvgIpc) is 3.42. The smallest absolute Gasteiger partial charge is 0.408 e. The van der Waals surface area contributed by atoms with Crippen molar-refractivity contribution in [3.8, 4) is 0 Å². The van der Waals surface area contributed by atoms with Gasteiger partial charge in [0.15, 0.2) is 23.6 Å². The number of ketones is 1. The number of methoxy groups -OCH3 is 1. The summed E-state index contributed by atoms with van der Waals surface area (Å²) in [6, 6.07) is 21.0. The standard InChI is InChI=1S/C58H72N2O18/c1-31-36(73-49(66)42(62)40(33-22-16-13-17-23-33)59-51(68)77-53(3,4)5)29-58(70)47(75-48(65)35-26-20-15-21-27-35)45-56(11,46(64)44(71-12)39(31)55(58,9)10)37(28-38-57(45,30-72-38)76-32(2)61)74-50(67)43(63)41(34-24-18-14-19-25-34)60-52(69)78-54(6,7)8/h13-27,36-38,40-45,47,62-63,70H,28-30H2,1-12H3,(H,59,68)(H,60,69)/t36-,37-,38+,40-,41-,42+,43+,44+,45-,47-,56+,57-,58+/m0/s1. The largest absolute Gasteiger partial charge is 0.459 e. The number of aliphatic hydroxyl groups is 3. The number of alkyl carbamates (subject to hydrolysis) is 2. The van der Waals surface area contributed by atoms with Crippen LogP contribution in [0.2, 0.25) is 0 Å². The van der Waals surface area contributed by atoms with Crippen molar-refractivity contribution in [1.29, 1.82) is 0 Å². The van der Waals surface area contributed by atoms with Gasteiger partial charge >= 0.3 is 36.1 Å². The van der Waals surface area contributed by atoms with Crippen LogP contribution in [0.15, 0.2) is 102 Å². The predicted molar refractivity (Wildman–Crippen MR) is 277 cm³/mol. The molecule has 4 aliphatic rings. The molecule has 78 heavy (non-hydrogen) atoms. The van der Waals surface area contributed by atoms with Crippen molar-refractivity contribution in [1.82, 2.24) is 10.6 Å². The number of carbonyl (C=O) groups excluding carboxylic acids is 7. The zero-order chi connectivity index (χ0) is 57.5. The molecule has 20 heteroatoms. The van der Waals surface area contributed by atoms with Crippen molar-refractivity contribution in [2.24, 2.45) is 16.7 Å². The van der Waals surface area contributed by atoms with Crippen LogP contribution in [0.5, 0.6) is 0 Å². The van der Waals surface area contributed by atoms with E-state index in [1.807, 2.05) is 0 Å². The summed E-state index contributed by atoms with van der Waals surface area (Å²) in [5.41, 5.74) is -9.38. The first-order chi connectivity index (χ1) is 36.4. The van der Waals surface area contributed by atoms with Gasteiger partial charge in [-0.05, 0) is 89.8 Å². The van der Waals surface area contributed by atoms with Crippen LogP contribution in [0, 0.1) is 16.7 Å². The van der Waals surface area contributed by atoms with Crippen LogP contribution in [0.25, 0.3) is 0 Å². The maximum absolute atomic E-state index is 16.3. The summed E-state index contributed by atoms with van der Waals surface area (Å²) in [6.45, 7) is 16.7. The van der Waals surface area contributed by atoms with Crippen molar-refractivity contribution >= 4 is 41.8 Å². The second-order valence-corrected chi connectivity index (χ2v) is 23.2. The molecule has 0 radical (unpaired) electrons. The van der Waals surface area contributed by atoms with Gasteiger partial charge in [0.1, 0.15) is 47.3 Å². The van der Waals surface area contributed by atoms with Crippen LogP contribution in [-0.2, 0) is 57.1 Å². The minimum absolute atomic E-state index is 0.0105. The lowest BCUT2D eigenvalue weighted by Gasteiger charge is -2.67. The Bertz CT molecular complexity index is 2770. The zero-order valence-electron chi connectivity index (χ0n) is 46.0. The van der Waals surface area contributed by atoms with Gasteiger partial charge in [-0.3, -0.25) is 9.59 Å². The van der Waals surface area contributed by atoms with E-state index < -0.39 is 149 Å². The van der Waals surface area contributed by atoms with Crippen molar-refractivity contribution in [3.63, 3.8) is 0 Å². The minimum Gasteiger partial charge on any atom is -0.459 e. The van der Waals surface area contributed by atoms with E-state index in [9.17, 15) is 44.1 Å². The molecule has 422 valence electrons. The fourth-order valence-corrected chi connectivity index (χ4v) is 11.7. The van der Waals surface area contributed by atoms with Crippen LogP contribution in [0.4, 0.5) is 9.59 Å². The highest BCUT2D eigenvalue weighted by Gasteiger charge is 2.79. The summed E-state index contributed by atoms with van der Waals surface area (Å²) in [4.78, 5) is 100. The number of esters is 4. The molecule has 2 bridgehead atoms. The highest BCUT2D eigenvalue weighted by Crippen LogP contribution is 2.65. The number of Topliss-reactive ketones (excluding diaryl/α,β-unsaturated/α-hetero) is 1. The number of amides is 2. The molecule has 3 aromatic carbocycles. The van der Waals surface area contributed by atoms with Gasteiger partial charge in [0, 0.05) is 32.3 Å². The molecule has 0 spiro atoms. The van der Waals surface area contributed by atoms with Gasteiger partial charge in [0.2, 0.25) is 0 Å². The van der Waals surface area contributed by atoms with Crippen LogP contribution in [-0.4, -0.2) is 136 Å². The number of carbonyl (C=O) groups is 7. The summed E-state index contributed by atoms with van der Waals surface area (Å²) in [5, 5.41) is 43.1. The number of fused-ring (bicyclic) bond motifs is 5. The Morgan fingerprint density at radius 3 is 1.63 bits per heavy atom. The van der Waals surface area contributed by atoms with Crippen LogP contribution in [0.3, 0.4) is 0 Å². The molecule has 0 aromatic heterocycles. The molecule has 3 aliphatic carbocycles. The summed E-state index contributed by atoms with van der Waals surface area (Å²) in [7, 11) is 1.23. The van der Waals surface area contributed by atoms with Crippen LogP contribution >= 0.6 is 0 Å². The summed E-state index contributed by atoms with van der Waals surface area (Å²) < 4.78 is 48.6. The molecule has 1 heterocycles. The number of ether oxygens (including phenoxy) is 8. The van der Waals surface area contributed by atoms with E-state index in [1.165, 1.54) is 26.2 Å². The summed E-state index contributed by atoms with van der Waals surface area (Å²) >= 11 is 0. The van der Waals surface area contributed by atoms with Gasteiger partial charge in [0.25, 0.3) is 0 Å². The maximum Gasteiger partial charge on any atom is 0.408 e. The third-order valence-corrected chi connectivity index (χ3v) is 15.4. The highest BCUT2D eigenvalue weighted by atomic mass is 16.6. The zero-order valence-corrected chi connectivity index (χ0v) is 46.0. The lowest BCUT2D eigenvalue weighted by Crippen LogP contribution is -2.82. The fraction of sp³-hybridized carbons (Fsp3) is 0.534. The number of hydrogen-bond donors (Lipinski definition) is 5. The molecule has 3 fully saturated rings. The molecule has 5 N–H and O–H groups in total. The van der Waals surface area contributed by atoms with Crippen molar-refractivity contribution in [3.05, 3.63) is 119 Å². The summed E-state index contributed by atoms with van der Waals surface area (Å²) in [6.07, 6.45) is -15.2. The monoisotopic (exact) mass is 1080 g/mol. The molecule has 3 aromatic rings. The predicted octanol–water partition coefficient (Wildman–Crippen LogP) is 6.09. The molecular formula is C58H72N2O18. The molecule has 1 aliphatic heterocycles. The second kappa shape index (κ2) is 22.2. The molecule has 2 saturated carbocycles. The topological polar surface area (TPSA) is 278 Å². The lowest BCUT2D eigenvalue weighted by atomic mass is 9.44. The third kappa shape index (κ3) is 11.4. The highest BCUT2D eigenvalue weighted by molar-refractivity contribution is 5.95. The molecule has 7 rings (SSSR count). The summed E-state index contributed by atoms with van der Waals surface area (Å²) in [5.74, 6) is -6.96. The van der Waals surface area contributed by atoms with E-state index in [0.29, 0.717) is 5.56 Å². The Kier molecular flexibility index (Phi) is 16.8. The normalized spacial score (nSPS) is 28.9. The van der Waals surface area contributed by atoms with E-state index in [4.69, 9.17) is 37.9 Å². The average molecular weight is 1090 g/mol. The van der Waals surface area contributed by atoms with E-state index in [0.717, 1.165) is 6.92 Å². The molecule has 1 saturated heterocycles. The Morgan fingerprint density at radius 2 is 1.19 bits per heavy atom. The van der Waals surface area contributed by atoms with E-state index >= 15 is 4.79 Å². The Labute approximate surface area is 453 Å². The van der Waals surface area contributed by atoms with Crippen molar-refractivity contribution in [2.75, 3.05) is 13.7 Å². The Hall–Kier alpha value is -6.71. The van der Waals surface area contributed by atoms with Gasteiger partial charge in [-0.1, -0.05) is 92.7 Å². The third-order valence-electron chi connectivity index (χ3n) is 15.4.